The molecular weight excluding hydrogens is 426 g/mol. The van der Waals surface area contributed by atoms with E-state index in [1.165, 1.54) is 7.11 Å². The number of hydrogen-bond acceptors (Lipinski definition) is 4. The van der Waals surface area contributed by atoms with Crippen molar-refractivity contribution in [3.8, 4) is 16.9 Å². The highest BCUT2D eigenvalue weighted by Gasteiger charge is 2.36. The van der Waals surface area contributed by atoms with Crippen molar-refractivity contribution < 1.29 is 19.1 Å². The number of benzene rings is 3. The van der Waals surface area contributed by atoms with E-state index >= 15 is 0 Å². The van der Waals surface area contributed by atoms with Gasteiger partial charge in [0.1, 0.15) is 12.4 Å². The van der Waals surface area contributed by atoms with Gasteiger partial charge in [-0.05, 0) is 59.0 Å². The second kappa shape index (κ2) is 9.05. The molecule has 1 heterocycles. The van der Waals surface area contributed by atoms with Crippen molar-refractivity contribution >= 4 is 23.5 Å². The van der Waals surface area contributed by atoms with E-state index in [4.69, 9.17) is 21.1 Å². The van der Waals surface area contributed by atoms with Gasteiger partial charge in [-0.2, -0.15) is 0 Å². The zero-order valence-electron chi connectivity index (χ0n) is 18.2. The Bertz CT molecular complexity index is 1190. The number of carbonyl (C=O) groups excluding carboxylic acids is 2. The standard InChI is InChI=1S/C26H24ClNO4/c1-16-20(8-5-9-23(16)27)18-7-4-6-17(12-18)15-32-19-10-11-21-22(13-19)26(30)28(2)24(21)14-25(29)31-3/h4-13,24H,14-15H2,1-3H3. The van der Waals surface area contributed by atoms with Crippen molar-refractivity contribution in [3.05, 3.63) is 87.9 Å². The van der Waals surface area contributed by atoms with Gasteiger partial charge in [0.2, 0.25) is 0 Å². The fraction of sp³-hybridized carbons (Fsp3) is 0.231. The van der Waals surface area contributed by atoms with Gasteiger partial charge < -0.3 is 14.4 Å². The normalized spacial score (nSPS) is 14.9. The van der Waals surface area contributed by atoms with E-state index in [1.54, 1.807) is 18.0 Å². The minimum atomic E-state index is -0.349. The number of ether oxygens (including phenoxy) is 2. The minimum Gasteiger partial charge on any atom is -0.489 e. The largest absolute Gasteiger partial charge is 0.489 e. The SMILES string of the molecule is COC(=O)CC1c2ccc(OCc3cccc(-c4cccc(Cl)c4C)c3)cc2C(=O)N1C. The molecule has 1 unspecified atom stereocenters. The Morgan fingerprint density at radius 2 is 1.84 bits per heavy atom. The molecule has 0 saturated heterocycles. The summed E-state index contributed by atoms with van der Waals surface area (Å²) in [5.74, 6) is 0.129. The maximum atomic E-state index is 12.7. The lowest BCUT2D eigenvalue weighted by Gasteiger charge is -2.19. The maximum Gasteiger partial charge on any atom is 0.307 e. The number of methoxy groups -OCH3 is 1. The molecule has 32 heavy (non-hydrogen) atoms. The zero-order valence-corrected chi connectivity index (χ0v) is 19.0. The number of carbonyl (C=O) groups is 2. The summed E-state index contributed by atoms with van der Waals surface area (Å²) in [5.41, 5.74) is 5.57. The molecule has 1 amide bonds. The molecule has 1 atom stereocenters. The van der Waals surface area contributed by atoms with E-state index in [0.717, 1.165) is 32.8 Å². The summed E-state index contributed by atoms with van der Waals surface area (Å²) in [6, 6.07) is 19.1. The molecular formula is C26H24ClNO4. The van der Waals surface area contributed by atoms with Crippen molar-refractivity contribution in [2.75, 3.05) is 14.2 Å². The van der Waals surface area contributed by atoms with Crippen LogP contribution in [0.2, 0.25) is 5.02 Å². The van der Waals surface area contributed by atoms with E-state index < -0.39 is 0 Å². The van der Waals surface area contributed by atoms with Crippen molar-refractivity contribution in [3.63, 3.8) is 0 Å². The summed E-state index contributed by atoms with van der Waals surface area (Å²) in [5, 5.41) is 0.738. The van der Waals surface area contributed by atoms with E-state index in [1.807, 2.05) is 49.4 Å². The van der Waals surface area contributed by atoms with Gasteiger partial charge in [0, 0.05) is 17.6 Å². The van der Waals surface area contributed by atoms with Crippen LogP contribution in [0.3, 0.4) is 0 Å². The Hall–Kier alpha value is -3.31. The monoisotopic (exact) mass is 449 g/mol. The molecule has 0 radical (unpaired) electrons. The summed E-state index contributed by atoms with van der Waals surface area (Å²) >= 11 is 6.28. The maximum absolute atomic E-state index is 12.7. The predicted octanol–water partition coefficient (Wildman–Crippen LogP) is 5.58. The molecule has 0 N–H and O–H groups in total. The lowest BCUT2D eigenvalue weighted by molar-refractivity contribution is -0.141. The molecule has 0 spiro atoms. The van der Waals surface area contributed by atoms with Gasteiger partial charge in [-0.15, -0.1) is 0 Å². The highest BCUT2D eigenvalue weighted by molar-refractivity contribution is 6.31. The number of nitrogens with zero attached hydrogens (tertiary/aromatic N) is 1. The Labute approximate surface area is 192 Å². The summed E-state index contributed by atoms with van der Waals surface area (Å²) in [6.45, 7) is 2.37. The topological polar surface area (TPSA) is 55.8 Å². The highest BCUT2D eigenvalue weighted by Crippen LogP contribution is 2.37. The first-order chi connectivity index (χ1) is 15.4. The highest BCUT2D eigenvalue weighted by atomic mass is 35.5. The van der Waals surface area contributed by atoms with Gasteiger partial charge >= 0.3 is 5.97 Å². The second-order valence-corrected chi connectivity index (χ2v) is 8.27. The average Bonchev–Trinajstić information content (AvgIpc) is 3.04. The van der Waals surface area contributed by atoms with Gasteiger partial charge in [0.05, 0.1) is 19.6 Å². The molecule has 0 bridgehead atoms. The molecule has 164 valence electrons. The molecule has 1 aliphatic heterocycles. The van der Waals surface area contributed by atoms with Crippen LogP contribution in [0.4, 0.5) is 0 Å². The smallest absolute Gasteiger partial charge is 0.307 e. The van der Waals surface area contributed by atoms with Crippen molar-refractivity contribution in [2.45, 2.75) is 26.0 Å². The van der Waals surface area contributed by atoms with Crippen LogP contribution in [0.1, 0.15) is 39.5 Å². The molecule has 5 nitrogen and oxygen atoms in total. The number of rotatable bonds is 6. The van der Waals surface area contributed by atoms with Gasteiger partial charge in [0.15, 0.2) is 0 Å². The molecule has 1 aliphatic rings. The first-order valence-electron chi connectivity index (χ1n) is 10.3. The molecule has 4 rings (SSSR count). The van der Waals surface area contributed by atoms with Crippen LogP contribution >= 0.6 is 11.6 Å². The Balaban J connectivity index is 1.52. The molecule has 6 heteroatoms. The van der Waals surface area contributed by atoms with Crippen LogP contribution in [0.5, 0.6) is 5.75 Å². The number of esters is 1. The first-order valence-corrected chi connectivity index (χ1v) is 10.7. The minimum absolute atomic E-state index is 0.127. The molecule has 0 saturated carbocycles. The third-order valence-corrected chi connectivity index (χ3v) is 6.31. The summed E-state index contributed by atoms with van der Waals surface area (Å²) in [6.07, 6.45) is 0.127. The predicted molar refractivity (Wildman–Crippen MR) is 124 cm³/mol. The summed E-state index contributed by atoms with van der Waals surface area (Å²) < 4.78 is 10.8. The Kier molecular flexibility index (Phi) is 6.19. The van der Waals surface area contributed by atoms with Gasteiger partial charge in [-0.25, -0.2) is 0 Å². The third-order valence-electron chi connectivity index (χ3n) is 5.90. The molecule has 3 aromatic rings. The van der Waals surface area contributed by atoms with E-state index in [0.29, 0.717) is 17.9 Å². The van der Waals surface area contributed by atoms with Crippen LogP contribution < -0.4 is 4.74 Å². The van der Waals surface area contributed by atoms with Crippen molar-refractivity contribution in [1.82, 2.24) is 4.90 Å². The molecule has 0 aliphatic carbocycles. The molecule has 0 aromatic heterocycles. The Morgan fingerprint density at radius 1 is 1.06 bits per heavy atom. The number of halogens is 1. The van der Waals surface area contributed by atoms with E-state index in [9.17, 15) is 9.59 Å². The van der Waals surface area contributed by atoms with Crippen LogP contribution in [-0.2, 0) is 16.1 Å². The van der Waals surface area contributed by atoms with E-state index in [-0.39, 0.29) is 24.3 Å². The summed E-state index contributed by atoms with van der Waals surface area (Å²) in [4.78, 5) is 26.0. The summed E-state index contributed by atoms with van der Waals surface area (Å²) in [7, 11) is 3.04. The molecule has 0 fully saturated rings. The zero-order chi connectivity index (χ0) is 22.8. The Morgan fingerprint density at radius 3 is 2.62 bits per heavy atom. The number of hydrogen-bond donors (Lipinski definition) is 0. The molecule has 3 aromatic carbocycles. The fourth-order valence-corrected chi connectivity index (χ4v) is 4.22. The lowest BCUT2D eigenvalue weighted by atomic mass is 9.99. The average molecular weight is 450 g/mol. The number of amides is 1. The quantitative estimate of drug-likeness (QED) is 0.461. The van der Waals surface area contributed by atoms with Crippen LogP contribution in [0.15, 0.2) is 60.7 Å². The van der Waals surface area contributed by atoms with Gasteiger partial charge in [0.25, 0.3) is 5.91 Å². The van der Waals surface area contributed by atoms with Crippen molar-refractivity contribution in [2.24, 2.45) is 0 Å². The van der Waals surface area contributed by atoms with Gasteiger partial charge in [-0.1, -0.05) is 48.0 Å². The first kappa shape index (κ1) is 21.9. The lowest BCUT2D eigenvalue weighted by Crippen LogP contribution is -2.25. The second-order valence-electron chi connectivity index (χ2n) is 7.86. The fourth-order valence-electron chi connectivity index (χ4n) is 4.04. The van der Waals surface area contributed by atoms with Gasteiger partial charge in [-0.3, -0.25) is 9.59 Å². The third kappa shape index (κ3) is 4.21. The number of fused-ring (bicyclic) bond motifs is 1. The van der Waals surface area contributed by atoms with Crippen LogP contribution in [0.25, 0.3) is 11.1 Å². The van der Waals surface area contributed by atoms with Crippen LogP contribution in [0, 0.1) is 6.92 Å². The van der Waals surface area contributed by atoms with Crippen LogP contribution in [-0.4, -0.2) is 30.9 Å². The van der Waals surface area contributed by atoms with E-state index in [2.05, 4.69) is 12.1 Å². The van der Waals surface area contributed by atoms with Crippen molar-refractivity contribution in [1.29, 1.82) is 0 Å².